The number of hydrogen-bond donors (Lipinski definition) is 0. The molecule has 4 nitrogen and oxygen atoms in total. The highest BCUT2D eigenvalue weighted by molar-refractivity contribution is 5.87. The third kappa shape index (κ3) is 6.63. The van der Waals surface area contributed by atoms with Crippen molar-refractivity contribution in [2.45, 2.75) is 39.2 Å². The lowest BCUT2D eigenvalue weighted by atomic mass is 10.1. The van der Waals surface area contributed by atoms with E-state index in [0.29, 0.717) is 12.0 Å². The van der Waals surface area contributed by atoms with Crippen LogP contribution in [0.1, 0.15) is 33.1 Å². The van der Waals surface area contributed by atoms with E-state index in [1.54, 1.807) is 6.92 Å². The van der Waals surface area contributed by atoms with Gasteiger partial charge in [-0.25, -0.2) is 14.6 Å². The van der Waals surface area contributed by atoms with Gasteiger partial charge in [0.25, 0.3) is 0 Å². The van der Waals surface area contributed by atoms with Crippen molar-refractivity contribution >= 4 is 12.0 Å². The molecule has 1 unspecified atom stereocenters. The summed E-state index contributed by atoms with van der Waals surface area (Å²) >= 11 is 0. The van der Waals surface area contributed by atoms with Crippen molar-refractivity contribution in [3.8, 4) is 0 Å². The van der Waals surface area contributed by atoms with Crippen molar-refractivity contribution in [3.05, 3.63) is 12.2 Å². The standard InChI is InChI=1S/C11H17NO3/c1-4-5-6-10(7-12-8-13)15-11(14)9(2)3/h10H,2,4-7H2,1,3H3. The molecule has 0 saturated carbocycles. The Bertz CT molecular complexity index is 267. The molecule has 1 atom stereocenters. The van der Waals surface area contributed by atoms with E-state index in [2.05, 4.69) is 11.6 Å². The molecular weight excluding hydrogens is 194 g/mol. The van der Waals surface area contributed by atoms with E-state index in [0.717, 1.165) is 12.8 Å². The fraction of sp³-hybridized carbons (Fsp3) is 0.636. The van der Waals surface area contributed by atoms with E-state index < -0.39 is 5.97 Å². The molecule has 0 amide bonds. The van der Waals surface area contributed by atoms with E-state index in [9.17, 15) is 9.59 Å². The zero-order valence-corrected chi connectivity index (χ0v) is 9.28. The van der Waals surface area contributed by atoms with Crippen LogP contribution in [0.2, 0.25) is 0 Å². The van der Waals surface area contributed by atoms with Crippen molar-refractivity contribution < 1.29 is 14.3 Å². The molecule has 0 saturated heterocycles. The van der Waals surface area contributed by atoms with E-state index >= 15 is 0 Å². The summed E-state index contributed by atoms with van der Waals surface area (Å²) in [6.07, 6.45) is 3.75. The first-order valence-corrected chi connectivity index (χ1v) is 5.02. The Morgan fingerprint density at radius 3 is 2.73 bits per heavy atom. The summed E-state index contributed by atoms with van der Waals surface area (Å²) in [6, 6.07) is 0. The van der Waals surface area contributed by atoms with Crippen LogP contribution < -0.4 is 0 Å². The van der Waals surface area contributed by atoms with Crippen LogP contribution in [0.3, 0.4) is 0 Å². The van der Waals surface area contributed by atoms with Gasteiger partial charge in [0, 0.05) is 5.57 Å². The van der Waals surface area contributed by atoms with E-state index in [-0.39, 0.29) is 12.6 Å². The maximum atomic E-state index is 11.2. The highest BCUT2D eigenvalue weighted by atomic mass is 16.5. The minimum absolute atomic E-state index is 0.183. The Labute approximate surface area is 90.0 Å². The molecular formula is C11H17NO3. The highest BCUT2D eigenvalue weighted by Gasteiger charge is 2.13. The molecule has 0 aromatic carbocycles. The molecule has 0 rings (SSSR count). The Kier molecular flexibility index (Phi) is 7.20. The monoisotopic (exact) mass is 211 g/mol. The number of aliphatic imine (C=N–C) groups is 1. The topological polar surface area (TPSA) is 55.7 Å². The Hall–Kier alpha value is -1.41. The fourth-order valence-corrected chi connectivity index (χ4v) is 1.01. The molecule has 0 aliphatic rings. The third-order valence-corrected chi connectivity index (χ3v) is 1.86. The maximum Gasteiger partial charge on any atom is 0.333 e. The van der Waals surface area contributed by atoms with Gasteiger partial charge >= 0.3 is 5.97 Å². The summed E-state index contributed by atoms with van der Waals surface area (Å²) in [6.45, 7) is 7.30. The SMILES string of the molecule is C=C(C)C(=O)OC(CCCC)CN=C=O. The normalized spacial score (nSPS) is 11.3. The maximum absolute atomic E-state index is 11.2. The van der Waals surface area contributed by atoms with Crippen LogP contribution in [0.15, 0.2) is 17.1 Å². The van der Waals surface area contributed by atoms with Gasteiger partial charge in [-0.15, -0.1) is 0 Å². The van der Waals surface area contributed by atoms with Gasteiger partial charge in [0.1, 0.15) is 6.10 Å². The largest absolute Gasteiger partial charge is 0.457 e. The van der Waals surface area contributed by atoms with Gasteiger partial charge in [0.05, 0.1) is 6.54 Å². The first-order chi connectivity index (χ1) is 7.11. The molecule has 0 N–H and O–H groups in total. The lowest BCUT2D eigenvalue weighted by Crippen LogP contribution is -2.21. The van der Waals surface area contributed by atoms with Crippen LogP contribution >= 0.6 is 0 Å². The zero-order valence-electron chi connectivity index (χ0n) is 9.28. The van der Waals surface area contributed by atoms with Crippen LogP contribution in [0.5, 0.6) is 0 Å². The van der Waals surface area contributed by atoms with Gasteiger partial charge in [-0.05, 0) is 19.8 Å². The molecule has 15 heavy (non-hydrogen) atoms. The molecule has 0 aromatic heterocycles. The molecule has 0 heterocycles. The Morgan fingerprint density at radius 2 is 2.27 bits per heavy atom. The second kappa shape index (κ2) is 7.94. The van der Waals surface area contributed by atoms with Crippen molar-refractivity contribution in [2.24, 2.45) is 4.99 Å². The number of unbranched alkanes of at least 4 members (excludes halogenated alkanes) is 1. The van der Waals surface area contributed by atoms with Crippen molar-refractivity contribution in [1.29, 1.82) is 0 Å². The van der Waals surface area contributed by atoms with Crippen LogP contribution in [0.4, 0.5) is 0 Å². The van der Waals surface area contributed by atoms with Gasteiger partial charge in [-0.2, -0.15) is 0 Å². The quantitative estimate of drug-likeness (QED) is 0.280. The van der Waals surface area contributed by atoms with E-state index in [1.165, 1.54) is 6.08 Å². The van der Waals surface area contributed by atoms with Crippen LogP contribution in [0.25, 0.3) is 0 Å². The number of esters is 1. The first kappa shape index (κ1) is 13.6. The minimum atomic E-state index is -0.433. The van der Waals surface area contributed by atoms with Gasteiger partial charge in [-0.1, -0.05) is 19.9 Å². The average molecular weight is 211 g/mol. The molecule has 0 radical (unpaired) electrons. The number of rotatable bonds is 7. The lowest BCUT2D eigenvalue weighted by Gasteiger charge is -2.14. The van der Waals surface area contributed by atoms with Crippen LogP contribution in [0, 0.1) is 0 Å². The van der Waals surface area contributed by atoms with Crippen LogP contribution in [-0.4, -0.2) is 24.7 Å². The molecule has 0 spiro atoms. The van der Waals surface area contributed by atoms with Gasteiger partial charge < -0.3 is 4.74 Å². The molecule has 0 aliphatic heterocycles. The van der Waals surface area contributed by atoms with Gasteiger partial charge in [0.2, 0.25) is 6.08 Å². The number of hydrogen-bond acceptors (Lipinski definition) is 4. The minimum Gasteiger partial charge on any atom is -0.457 e. The average Bonchev–Trinajstić information content (AvgIpc) is 2.21. The number of carbonyl (C=O) groups excluding carboxylic acids is 2. The highest BCUT2D eigenvalue weighted by Crippen LogP contribution is 2.07. The zero-order chi connectivity index (χ0) is 11.7. The van der Waals surface area contributed by atoms with Gasteiger partial charge in [0.15, 0.2) is 0 Å². The third-order valence-electron chi connectivity index (χ3n) is 1.86. The fourth-order valence-electron chi connectivity index (χ4n) is 1.01. The predicted octanol–water partition coefficient (Wildman–Crippen LogP) is 2.00. The van der Waals surface area contributed by atoms with Crippen molar-refractivity contribution in [2.75, 3.05) is 6.54 Å². The summed E-state index contributed by atoms with van der Waals surface area (Å²) in [5.41, 5.74) is 0.353. The lowest BCUT2D eigenvalue weighted by molar-refractivity contribution is -0.144. The molecule has 84 valence electrons. The summed E-state index contributed by atoms with van der Waals surface area (Å²) in [7, 11) is 0. The smallest absolute Gasteiger partial charge is 0.333 e. The molecule has 0 fully saturated rings. The molecule has 0 aliphatic carbocycles. The molecule has 4 heteroatoms. The van der Waals surface area contributed by atoms with Crippen molar-refractivity contribution in [1.82, 2.24) is 0 Å². The second-order valence-corrected chi connectivity index (χ2v) is 3.38. The van der Waals surface area contributed by atoms with Crippen molar-refractivity contribution in [3.63, 3.8) is 0 Å². The Balaban J connectivity index is 4.15. The number of nitrogens with zero attached hydrogens (tertiary/aromatic N) is 1. The second-order valence-electron chi connectivity index (χ2n) is 3.38. The first-order valence-electron chi connectivity index (χ1n) is 5.02. The number of ether oxygens (including phenoxy) is 1. The van der Waals surface area contributed by atoms with Crippen LogP contribution in [-0.2, 0) is 14.3 Å². The van der Waals surface area contributed by atoms with E-state index in [1.807, 2.05) is 6.92 Å². The van der Waals surface area contributed by atoms with E-state index in [4.69, 9.17) is 4.74 Å². The molecule has 0 aromatic rings. The molecule has 0 bridgehead atoms. The number of isocyanates is 1. The summed E-state index contributed by atoms with van der Waals surface area (Å²) in [4.78, 5) is 24.6. The predicted molar refractivity (Wildman–Crippen MR) is 57.2 cm³/mol. The van der Waals surface area contributed by atoms with Gasteiger partial charge in [-0.3, -0.25) is 0 Å². The summed E-state index contributed by atoms with van der Waals surface area (Å²) in [5, 5.41) is 0. The number of carbonyl (C=O) groups is 1. The summed E-state index contributed by atoms with van der Waals surface area (Å²) in [5.74, 6) is -0.433. The summed E-state index contributed by atoms with van der Waals surface area (Å²) < 4.78 is 5.10. The Morgan fingerprint density at radius 1 is 1.60 bits per heavy atom.